The first-order valence-electron chi connectivity index (χ1n) is 7.16. The first-order chi connectivity index (χ1) is 10.3. The summed E-state index contributed by atoms with van der Waals surface area (Å²) in [5.41, 5.74) is 2.82. The summed E-state index contributed by atoms with van der Waals surface area (Å²) in [6, 6.07) is 3.80. The number of nitrogens with one attached hydrogen (secondary N) is 3. The molecule has 7 heteroatoms. The van der Waals surface area contributed by atoms with Crippen molar-refractivity contribution in [2.24, 2.45) is 0 Å². The first-order valence-corrected chi connectivity index (χ1v) is 7.16. The second-order valence-corrected chi connectivity index (χ2v) is 5.12. The number of rotatable bonds is 4. The lowest BCUT2D eigenvalue weighted by Crippen LogP contribution is -2.28. The molecule has 2 aromatic heterocycles. The molecule has 21 heavy (non-hydrogen) atoms. The fourth-order valence-electron chi connectivity index (χ4n) is 2.53. The molecule has 0 saturated carbocycles. The summed E-state index contributed by atoms with van der Waals surface area (Å²) in [4.78, 5) is 11.6. The Morgan fingerprint density at radius 1 is 1.43 bits per heavy atom. The number of hydrogen-bond acceptors (Lipinski definition) is 5. The lowest BCUT2D eigenvalue weighted by Gasteiger charge is -2.23. The molecule has 0 spiro atoms. The lowest BCUT2D eigenvalue weighted by atomic mass is 9.93. The minimum absolute atomic E-state index is 0.197. The van der Waals surface area contributed by atoms with Gasteiger partial charge in [-0.05, 0) is 43.9 Å². The van der Waals surface area contributed by atoms with Gasteiger partial charge in [-0.25, -0.2) is 0 Å². The topological polar surface area (TPSA) is 95.6 Å². The van der Waals surface area contributed by atoms with Crippen LogP contribution < -0.4 is 10.6 Å². The van der Waals surface area contributed by atoms with E-state index in [0.717, 1.165) is 19.3 Å². The van der Waals surface area contributed by atoms with E-state index < -0.39 is 0 Å². The van der Waals surface area contributed by atoms with Crippen LogP contribution in [0.3, 0.4) is 0 Å². The molecule has 2 aromatic rings. The lowest BCUT2D eigenvalue weighted by molar-refractivity contribution is 0.0950. The fourth-order valence-corrected chi connectivity index (χ4v) is 2.53. The summed E-state index contributed by atoms with van der Waals surface area (Å²) >= 11 is 0. The Balaban J connectivity index is 1.62. The molecule has 3 rings (SSSR count). The molecule has 1 aliphatic rings. The van der Waals surface area contributed by atoms with Crippen LogP contribution in [-0.4, -0.2) is 38.9 Å². The molecule has 2 heterocycles. The van der Waals surface area contributed by atoms with Gasteiger partial charge in [0.05, 0.1) is 6.20 Å². The van der Waals surface area contributed by atoms with Gasteiger partial charge in [0.15, 0.2) is 5.69 Å². The largest absolute Gasteiger partial charge is 0.366 e. The molecule has 110 valence electrons. The maximum atomic E-state index is 11.6. The van der Waals surface area contributed by atoms with Crippen LogP contribution in [0, 0.1) is 0 Å². The van der Waals surface area contributed by atoms with Crippen LogP contribution in [0.2, 0.25) is 0 Å². The van der Waals surface area contributed by atoms with Gasteiger partial charge in [0.25, 0.3) is 5.91 Å². The zero-order valence-electron chi connectivity index (χ0n) is 11.9. The SMILES string of the molecule is CCNC(=O)c1ccc(NC2CCc3[nH]ncc3C2)nn1. The predicted octanol–water partition coefficient (Wildman–Crippen LogP) is 0.919. The van der Waals surface area contributed by atoms with Gasteiger partial charge in [0.1, 0.15) is 5.82 Å². The Morgan fingerprint density at radius 3 is 3.10 bits per heavy atom. The molecule has 0 bridgehead atoms. The van der Waals surface area contributed by atoms with Crippen molar-refractivity contribution >= 4 is 11.7 Å². The van der Waals surface area contributed by atoms with Crippen molar-refractivity contribution in [1.82, 2.24) is 25.7 Å². The smallest absolute Gasteiger partial charge is 0.271 e. The van der Waals surface area contributed by atoms with Crippen LogP contribution in [-0.2, 0) is 12.8 Å². The fraction of sp³-hybridized carbons (Fsp3) is 0.429. The summed E-state index contributed by atoms with van der Waals surface area (Å²) in [6.45, 7) is 2.45. The number of H-pyrrole nitrogens is 1. The molecular formula is C14H18N6O. The zero-order valence-corrected chi connectivity index (χ0v) is 11.9. The van der Waals surface area contributed by atoms with E-state index in [1.165, 1.54) is 11.3 Å². The molecule has 1 aliphatic carbocycles. The Bertz CT molecular complexity index is 621. The van der Waals surface area contributed by atoms with Gasteiger partial charge in [0.2, 0.25) is 0 Å². The highest BCUT2D eigenvalue weighted by molar-refractivity contribution is 5.92. The van der Waals surface area contributed by atoms with Gasteiger partial charge < -0.3 is 10.6 Å². The second kappa shape index (κ2) is 5.90. The number of aromatic nitrogens is 4. The predicted molar refractivity (Wildman–Crippen MR) is 78.1 cm³/mol. The van der Waals surface area contributed by atoms with Crippen molar-refractivity contribution < 1.29 is 4.79 Å². The molecule has 1 unspecified atom stereocenters. The zero-order chi connectivity index (χ0) is 14.7. The van der Waals surface area contributed by atoms with Gasteiger partial charge in [-0.3, -0.25) is 9.89 Å². The van der Waals surface area contributed by atoms with Gasteiger partial charge >= 0.3 is 0 Å². The van der Waals surface area contributed by atoms with Gasteiger partial charge in [0, 0.05) is 18.3 Å². The number of hydrogen-bond donors (Lipinski definition) is 3. The number of anilines is 1. The van der Waals surface area contributed by atoms with Gasteiger partial charge in [-0.1, -0.05) is 0 Å². The summed E-state index contributed by atoms with van der Waals surface area (Å²) < 4.78 is 0. The van der Waals surface area contributed by atoms with Crippen molar-refractivity contribution in [2.45, 2.75) is 32.2 Å². The summed E-state index contributed by atoms with van der Waals surface area (Å²) in [5, 5.41) is 21.2. The average molecular weight is 286 g/mol. The van der Waals surface area contributed by atoms with Crippen molar-refractivity contribution in [3.05, 3.63) is 35.3 Å². The third-order valence-electron chi connectivity index (χ3n) is 3.60. The number of amides is 1. The molecular weight excluding hydrogens is 268 g/mol. The maximum Gasteiger partial charge on any atom is 0.271 e. The van der Waals surface area contributed by atoms with E-state index in [9.17, 15) is 4.79 Å². The number of carbonyl (C=O) groups is 1. The van der Waals surface area contributed by atoms with Gasteiger partial charge in [-0.15, -0.1) is 10.2 Å². The van der Waals surface area contributed by atoms with Crippen LogP contribution in [0.1, 0.15) is 35.1 Å². The highest BCUT2D eigenvalue weighted by Crippen LogP contribution is 2.21. The number of aromatic amines is 1. The Morgan fingerprint density at radius 2 is 2.33 bits per heavy atom. The van der Waals surface area contributed by atoms with Crippen LogP contribution in [0.4, 0.5) is 5.82 Å². The van der Waals surface area contributed by atoms with E-state index in [4.69, 9.17) is 0 Å². The Labute approximate surface area is 122 Å². The van der Waals surface area contributed by atoms with Gasteiger partial charge in [-0.2, -0.15) is 5.10 Å². The molecule has 3 N–H and O–H groups in total. The molecule has 0 fully saturated rings. The normalized spacial score (nSPS) is 17.1. The van der Waals surface area contributed by atoms with E-state index in [0.29, 0.717) is 24.1 Å². The van der Waals surface area contributed by atoms with E-state index in [1.807, 2.05) is 13.1 Å². The maximum absolute atomic E-state index is 11.6. The molecule has 1 amide bonds. The average Bonchev–Trinajstić information content (AvgIpc) is 2.96. The van der Waals surface area contributed by atoms with Crippen molar-refractivity contribution in [2.75, 3.05) is 11.9 Å². The monoisotopic (exact) mass is 286 g/mol. The summed E-state index contributed by atoms with van der Waals surface area (Å²) in [6.07, 6.45) is 4.81. The van der Waals surface area contributed by atoms with Crippen LogP contribution >= 0.6 is 0 Å². The van der Waals surface area contributed by atoms with E-state index >= 15 is 0 Å². The van der Waals surface area contributed by atoms with Crippen LogP contribution in [0.25, 0.3) is 0 Å². The highest BCUT2D eigenvalue weighted by atomic mass is 16.1. The third kappa shape index (κ3) is 3.01. The molecule has 7 nitrogen and oxygen atoms in total. The third-order valence-corrected chi connectivity index (χ3v) is 3.60. The van der Waals surface area contributed by atoms with Crippen molar-refractivity contribution in [3.8, 4) is 0 Å². The molecule has 0 radical (unpaired) electrons. The van der Waals surface area contributed by atoms with E-state index in [2.05, 4.69) is 31.0 Å². The van der Waals surface area contributed by atoms with Crippen molar-refractivity contribution in [3.63, 3.8) is 0 Å². The minimum atomic E-state index is -0.197. The summed E-state index contributed by atoms with van der Waals surface area (Å²) in [5.74, 6) is 0.497. The van der Waals surface area contributed by atoms with E-state index in [1.54, 1.807) is 12.1 Å². The Kier molecular flexibility index (Phi) is 3.81. The molecule has 0 saturated heterocycles. The number of aryl methyl sites for hydroxylation is 1. The molecule has 0 aliphatic heterocycles. The molecule has 1 atom stereocenters. The van der Waals surface area contributed by atoms with Crippen LogP contribution in [0.5, 0.6) is 0 Å². The minimum Gasteiger partial charge on any atom is -0.366 e. The van der Waals surface area contributed by atoms with Crippen LogP contribution in [0.15, 0.2) is 18.3 Å². The summed E-state index contributed by atoms with van der Waals surface area (Å²) in [7, 11) is 0. The number of nitrogens with zero attached hydrogens (tertiary/aromatic N) is 3. The van der Waals surface area contributed by atoms with Crippen molar-refractivity contribution in [1.29, 1.82) is 0 Å². The standard InChI is InChI=1S/C14H18N6O/c1-2-15-14(21)12-5-6-13(20-19-12)17-10-3-4-11-9(7-10)8-16-18-11/h5-6,8,10H,2-4,7H2,1H3,(H,15,21)(H,16,18)(H,17,20). The Hall–Kier alpha value is -2.44. The van der Waals surface area contributed by atoms with E-state index in [-0.39, 0.29) is 5.91 Å². The second-order valence-electron chi connectivity index (χ2n) is 5.12. The first kappa shape index (κ1) is 13.5. The highest BCUT2D eigenvalue weighted by Gasteiger charge is 2.20. The number of fused-ring (bicyclic) bond motifs is 1. The number of carbonyl (C=O) groups excluding carboxylic acids is 1. The quantitative estimate of drug-likeness (QED) is 0.776. The molecule has 0 aromatic carbocycles.